The summed E-state index contributed by atoms with van der Waals surface area (Å²) >= 11 is 0. The molecule has 1 fully saturated rings. The Morgan fingerprint density at radius 3 is 2.12 bits per heavy atom. The van der Waals surface area contributed by atoms with E-state index in [0.29, 0.717) is 11.3 Å². The van der Waals surface area contributed by atoms with Gasteiger partial charge in [-0.1, -0.05) is 61.4 Å². The minimum Gasteiger partial charge on any atom is -0.352 e. The lowest BCUT2D eigenvalue weighted by atomic mass is 10.0. The van der Waals surface area contributed by atoms with Crippen molar-refractivity contribution in [1.29, 1.82) is 0 Å². The van der Waals surface area contributed by atoms with E-state index < -0.39 is 34.3 Å². The molecular formula is C32H38FN3O4S. The van der Waals surface area contributed by atoms with Gasteiger partial charge in [0.1, 0.15) is 18.4 Å². The van der Waals surface area contributed by atoms with Gasteiger partial charge in [-0.2, -0.15) is 0 Å². The van der Waals surface area contributed by atoms with Crippen LogP contribution in [0.25, 0.3) is 0 Å². The molecule has 0 saturated heterocycles. The van der Waals surface area contributed by atoms with Crippen molar-refractivity contribution in [2.45, 2.75) is 64.6 Å². The van der Waals surface area contributed by atoms with E-state index in [2.05, 4.69) is 5.32 Å². The van der Waals surface area contributed by atoms with Gasteiger partial charge < -0.3 is 10.2 Å². The largest absolute Gasteiger partial charge is 0.352 e. The number of halogens is 1. The second-order valence-electron chi connectivity index (χ2n) is 11.0. The predicted octanol–water partition coefficient (Wildman–Crippen LogP) is 4.91. The number of nitrogens with one attached hydrogen (secondary N) is 1. The summed E-state index contributed by atoms with van der Waals surface area (Å²) in [4.78, 5) is 29.4. The lowest BCUT2D eigenvalue weighted by Gasteiger charge is -2.34. The van der Waals surface area contributed by atoms with Gasteiger partial charge in [0.2, 0.25) is 21.8 Å². The average molecular weight is 580 g/mol. The molecule has 0 bridgehead atoms. The molecular weight excluding hydrogens is 541 g/mol. The number of rotatable bonds is 11. The Morgan fingerprint density at radius 1 is 0.927 bits per heavy atom. The minimum absolute atomic E-state index is 0.0130. The first-order chi connectivity index (χ1) is 19.5. The van der Waals surface area contributed by atoms with E-state index in [1.165, 1.54) is 17.0 Å². The zero-order valence-corrected chi connectivity index (χ0v) is 24.7. The van der Waals surface area contributed by atoms with E-state index in [1.807, 2.05) is 50.2 Å². The van der Waals surface area contributed by atoms with Crippen molar-refractivity contribution in [2.24, 2.45) is 0 Å². The number of benzene rings is 3. The molecule has 1 atom stereocenters. The first-order valence-electron chi connectivity index (χ1n) is 13.9. The third kappa shape index (κ3) is 8.39. The van der Waals surface area contributed by atoms with Crippen LogP contribution in [-0.4, -0.2) is 50.0 Å². The maximum absolute atomic E-state index is 14.2. The Kier molecular flexibility index (Phi) is 9.81. The molecule has 2 amide bonds. The lowest BCUT2D eigenvalue weighted by Crippen LogP contribution is -2.54. The zero-order chi connectivity index (χ0) is 29.6. The summed E-state index contributed by atoms with van der Waals surface area (Å²) < 4.78 is 40.7. The van der Waals surface area contributed by atoms with E-state index in [1.54, 1.807) is 24.3 Å². The average Bonchev–Trinajstić information content (AvgIpc) is 3.42. The highest BCUT2D eigenvalue weighted by Gasteiger charge is 2.34. The quantitative estimate of drug-likeness (QED) is 0.350. The summed E-state index contributed by atoms with van der Waals surface area (Å²) in [6.45, 7) is 3.26. The smallest absolute Gasteiger partial charge is 0.244 e. The van der Waals surface area contributed by atoms with Crippen LogP contribution in [-0.2, 0) is 32.6 Å². The van der Waals surface area contributed by atoms with Gasteiger partial charge in [-0.25, -0.2) is 12.8 Å². The highest BCUT2D eigenvalue weighted by atomic mass is 32.2. The fourth-order valence-corrected chi connectivity index (χ4v) is 6.25. The van der Waals surface area contributed by atoms with Gasteiger partial charge in [-0.05, 0) is 73.2 Å². The van der Waals surface area contributed by atoms with Crippen LogP contribution >= 0.6 is 0 Å². The molecule has 0 heterocycles. The summed E-state index contributed by atoms with van der Waals surface area (Å²) in [6.07, 6.45) is 5.14. The van der Waals surface area contributed by atoms with E-state index in [9.17, 15) is 22.4 Å². The van der Waals surface area contributed by atoms with Crippen molar-refractivity contribution in [2.75, 3.05) is 17.1 Å². The molecule has 1 N–H and O–H groups in total. The van der Waals surface area contributed by atoms with Crippen LogP contribution in [0, 0.1) is 19.7 Å². The molecule has 0 aromatic heterocycles. The molecule has 9 heteroatoms. The summed E-state index contributed by atoms with van der Waals surface area (Å²) in [5.74, 6) is -1.22. The molecule has 7 nitrogen and oxygen atoms in total. The van der Waals surface area contributed by atoms with Crippen molar-refractivity contribution >= 4 is 27.5 Å². The number of hydrogen-bond acceptors (Lipinski definition) is 4. The van der Waals surface area contributed by atoms with Gasteiger partial charge in [0, 0.05) is 19.0 Å². The summed E-state index contributed by atoms with van der Waals surface area (Å²) in [7, 11) is -3.85. The highest BCUT2D eigenvalue weighted by Crippen LogP contribution is 2.24. The Morgan fingerprint density at radius 2 is 1.54 bits per heavy atom. The van der Waals surface area contributed by atoms with Gasteiger partial charge in [0.15, 0.2) is 0 Å². The monoisotopic (exact) mass is 579 g/mol. The molecule has 218 valence electrons. The van der Waals surface area contributed by atoms with Crippen LogP contribution < -0.4 is 9.62 Å². The molecule has 1 aliphatic carbocycles. The van der Waals surface area contributed by atoms with Crippen molar-refractivity contribution in [3.63, 3.8) is 0 Å². The van der Waals surface area contributed by atoms with Crippen LogP contribution in [0.2, 0.25) is 0 Å². The second kappa shape index (κ2) is 13.3. The van der Waals surface area contributed by atoms with Gasteiger partial charge >= 0.3 is 0 Å². The topological polar surface area (TPSA) is 86.8 Å². The molecule has 3 aromatic rings. The van der Waals surface area contributed by atoms with Gasteiger partial charge in [-0.3, -0.25) is 13.9 Å². The first-order valence-corrected chi connectivity index (χ1v) is 15.8. The standard InChI is InChI=1S/C32H38FN3O4S/c1-23-17-24(2)19-29(18-23)36(41(3,39)40)22-31(37)35(21-26-13-15-27(33)16-14-26)30(20-25-9-5-4-6-10-25)32(38)34-28-11-7-8-12-28/h4-6,9-10,13-19,28,30H,7-8,11-12,20-22H2,1-3H3,(H,34,38)/t30-/m0/s1. The molecule has 0 unspecified atom stereocenters. The summed E-state index contributed by atoms with van der Waals surface area (Å²) in [6, 6.07) is 19.7. The highest BCUT2D eigenvalue weighted by molar-refractivity contribution is 7.92. The molecule has 1 aliphatic rings. The molecule has 0 aliphatic heterocycles. The van der Waals surface area contributed by atoms with Gasteiger partial charge in [0.25, 0.3) is 0 Å². The van der Waals surface area contributed by atoms with Crippen molar-refractivity contribution in [3.8, 4) is 0 Å². The van der Waals surface area contributed by atoms with Crippen LogP contribution in [0.5, 0.6) is 0 Å². The van der Waals surface area contributed by atoms with Crippen LogP contribution in [0.1, 0.15) is 47.9 Å². The molecule has 4 rings (SSSR count). The SMILES string of the molecule is Cc1cc(C)cc(N(CC(=O)N(Cc2ccc(F)cc2)[C@@H](Cc2ccccc2)C(=O)NC2CCCC2)S(C)(=O)=O)c1. The van der Waals surface area contributed by atoms with E-state index >= 15 is 0 Å². The van der Waals surface area contributed by atoms with E-state index in [-0.39, 0.29) is 24.9 Å². The number of hydrogen-bond donors (Lipinski definition) is 1. The maximum atomic E-state index is 14.2. The molecule has 41 heavy (non-hydrogen) atoms. The third-order valence-corrected chi connectivity index (χ3v) is 8.55. The molecule has 1 saturated carbocycles. The van der Waals surface area contributed by atoms with Crippen LogP contribution in [0.4, 0.5) is 10.1 Å². The molecule has 0 spiro atoms. The third-order valence-electron chi connectivity index (χ3n) is 7.41. The fourth-order valence-electron chi connectivity index (χ4n) is 5.42. The number of anilines is 1. The number of sulfonamides is 1. The summed E-state index contributed by atoms with van der Waals surface area (Å²) in [5, 5.41) is 3.13. The second-order valence-corrected chi connectivity index (χ2v) is 12.9. The normalized spacial score (nSPS) is 14.4. The van der Waals surface area contributed by atoms with E-state index in [0.717, 1.165) is 52.9 Å². The van der Waals surface area contributed by atoms with Gasteiger partial charge in [0.05, 0.1) is 11.9 Å². The Bertz CT molecular complexity index is 1440. The van der Waals surface area contributed by atoms with Crippen molar-refractivity contribution in [1.82, 2.24) is 10.2 Å². The maximum Gasteiger partial charge on any atom is 0.244 e. The van der Waals surface area contributed by atoms with Crippen molar-refractivity contribution < 1.29 is 22.4 Å². The molecule has 3 aromatic carbocycles. The van der Waals surface area contributed by atoms with Gasteiger partial charge in [-0.15, -0.1) is 0 Å². The Balaban J connectivity index is 1.73. The number of nitrogens with zero attached hydrogens (tertiary/aromatic N) is 2. The number of amides is 2. The molecule has 0 radical (unpaired) electrons. The first kappa shape index (κ1) is 30.2. The number of aryl methyl sites for hydroxylation is 2. The van der Waals surface area contributed by atoms with Crippen molar-refractivity contribution in [3.05, 3.63) is 101 Å². The zero-order valence-electron chi connectivity index (χ0n) is 23.8. The number of carbonyl (C=O) groups is 2. The van der Waals surface area contributed by atoms with Crippen LogP contribution in [0.3, 0.4) is 0 Å². The number of carbonyl (C=O) groups excluding carboxylic acids is 2. The van der Waals surface area contributed by atoms with E-state index in [4.69, 9.17) is 0 Å². The Hall–Kier alpha value is -3.72. The Labute approximate surface area is 242 Å². The lowest BCUT2D eigenvalue weighted by molar-refractivity contribution is -0.140. The predicted molar refractivity (Wildman–Crippen MR) is 159 cm³/mol. The summed E-state index contributed by atoms with van der Waals surface area (Å²) in [5.41, 5.74) is 3.61. The minimum atomic E-state index is -3.85. The fraction of sp³-hybridized carbons (Fsp3) is 0.375. The van der Waals surface area contributed by atoms with Crippen LogP contribution in [0.15, 0.2) is 72.8 Å².